The molecule has 0 bridgehead atoms. The van der Waals surface area contributed by atoms with Crippen LogP contribution in [0.3, 0.4) is 0 Å². The minimum Gasteiger partial charge on any atom is -0.450 e. The molecule has 5 rings (SSSR count). The van der Waals surface area contributed by atoms with Crippen molar-refractivity contribution in [3.8, 4) is 0 Å². The first-order valence-electron chi connectivity index (χ1n) is 9.18. The van der Waals surface area contributed by atoms with Crippen molar-refractivity contribution in [1.29, 1.82) is 0 Å². The lowest BCUT2D eigenvalue weighted by Gasteiger charge is -2.33. The standard InChI is InChI=1S/C21H19FN4O/c22-16-6-2-3-7-17(16)25-14-9-11-26(12-10-14)21-20-19(23-13-24-21)15-5-1-4-8-18(15)27-20/h1-8,13-14,25H,9-12H2. The van der Waals surface area contributed by atoms with Gasteiger partial charge in [-0.2, -0.15) is 0 Å². The zero-order valence-electron chi connectivity index (χ0n) is 14.7. The van der Waals surface area contributed by atoms with E-state index in [1.165, 1.54) is 6.07 Å². The van der Waals surface area contributed by atoms with Gasteiger partial charge in [0, 0.05) is 24.5 Å². The molecule has 1 fully saturated rings. The van der Waals surface area contributed by atoms with Crippen LogP contribution in [0, 0.1) is 5.82 Å². The summed E-state index contributed by atoms with van der Waals surface area (Å²) >= 11 is 0. The van der Waals surface area contributed by atoms with E-state index in [-0.39, 0.29) is 11.9 Å². The molecule has 0 saturated carbocycles. The van der Waals surface area contributed by atoms with Crippen LogP contribution in [0.1, 0.15) is 12.8 Å². The predicted molar refractivity (Wildman–Crippen MR) is 105 cm³/mol. The van der Waals surface area contributed by atoms with Gasteiger partial charge in [-0.15, -0.1) is 0 Å². The van der Waals surface area contributed by atoms with Gasteiger partial charge in [-0.25, -0.2) is 14.4 Å². The van der Waals surface area contributed by atoms with Gasteiger partial charge in [-0.3, -0.25) is 0 Å². The van der Waals surface area contributed by atoms with Crippen LogP contribution in [0.15, 0.2) is 59.3 Å². The van der Waals surface area contributed by atoms with E-state index in [0.717, 1.165) is 53.8 Å². The van der Waals surface area contributed by atoms with Gasteiger partial charge in [0.25, 0.3) is 0 Å². The Morgan fingerprint density at radius 3 is 2.63 bits per heavy atom. The van der Waals surface area contributed by atoms with Gasteiger partial charge in [0.15, 0.2) is 11.4 Å². The molecule has 0 spiro atoms. The third-order valence-electron chi connectivity index (χ3n) is 5.17. The number of benzene rings is 2. The molecular weight excluding hydrogens is 343 g/mol. The summed E-state index contributed by atoms with van der Waals surface area (Å²) in [7, 11) is 0. The zero-order chi connectivity index (χ0) is 18.2. The second-order valence-corrected chi connectivity index (χ2v) is 6.86. The fourth-order valence-corrected chi connectivity index (χ4v) is 3.77. The fraction of sp³-hybridized carbons (Fsp3) is 0.238. The largest absolute Gasteiger partial charge is 0.450 e. The molecule has 0 radical (unpaired) electrons. The molecule has 0 unspecified atom stereocenters. The minimum absolute atomic E-state index is 0.209. The summed E-state index contributed by atoms with van der Waals surface area (Å²) in [6.07, 6.45) is 3.41. The molecule has 1 aliphatic rings. The number of aromatic nitrogens is 2. The van der Waals surface area contributed by atoms with Crippen LogP contribution in [0.5, 0.6) is 0 Å². The van der Waals surface area contributed by atoms with E-state index in [1.54, 1.807) is 18.5 Å². The maximum absolute atomic E-state index is 13.9. The number of furan rings is 1. The molecule has 5 nitrogen and oxygen atoms in total. The number of piperidine rings is 1. The molecule has 4 aromatic rings. The third kappa shape index (κ3) is 2.87. The molecule has 136 valence electrons. The molecule has 2 aromatic heterocycles. The number of rotatable bonds is 3. The summed E-state index contributed by atoms with van der Waals surface area (Å²) in [5.74, 6) is 0.625. The molecule has 0 atom stereocenters. The lowest BCUT2D eigenvalue weighted by molar-refractivity contribution is 0.517. The summed E-state index contributed by atoms with van der Waals surface area (Å²) in [5, 5.41) is 4.33. The number of anilines is 2. The van der Waals surface area contributed by atoms with Gasteiger partial charge in [0.05, 0.1) is 5.69 Å². The zero-order valence-corrected chi connectivity index (χ0v) is 14.7. The summed E-state index contributed by atoms with van der Waals surface area (Å²) in [5.41, 5.74) is 2.98. The Hall–Kier alpha value is -3.15. The molecule has 1 aliphatic heterocycles. The first-order chi connectivity index (χ1) is 13.3. The highest BCUT2D eigenvalue weighted by atomic mass is 19.1. The highest BCUT2D eigenvalue weighted by Gasteiger charge is 2.24. The number of para-hydroxylation sites is 2. The van der Waals surface area contributed by atoms with Gasteiger partial charge in [0.2, 0.25) is 0 Å². The maximum Gasteiger partial charge on any atom is 0.196 e. The van der Waals surface area contributed by atoms with Crippen molar-refractivity contribution < 1.29 is 8.81 Å². The Labute approximate surface area is 155 Å². The van der Waals surface area contributed by atoms with Gasteiger partial charge < -0.3 is 14.6 Å². The molecule has 0 amide bonds. The first-order valence-corrected chi connectivity index (χ1v) is 9.18. The highest BCUT2D eigenvalue weighted by Crippen LogP contribution is 2.33. The van der Waals surface area contributed by atoms with Gasteiger partial charge >= 0.3 is 0 Å². The van der Waals surface area contributed by atoms with Crippen LogP contribution in [0.4, 0.5) is 15.9 Å². The van der Waals surface area contributed by atoms with E-state index >= 15 is 0 Å². The Morgan fingerprint density at radius 1 is 1.00 bits per heavy atom. The Balaban J connectivity index is 1.37. The second kappa shape index (κ2) is 6.54. The van der Waals surface area contributed by atoms with Crippen LogP contribution in [-0.4, -0.2) is 29.1 Å². The second-order valence-electron chi connectivity index (χ2n) is 6.86. The minimum atomic E-state index is -0.209. The molecule has 27 heavy (non-hydrogen) atoms. The molecular formula is C21H19FN4O. The number of halogens is 1. The Morgan fingerprint density at radius 2 is 1.78 bits per heavy atom. The molecule has 0 aliphatic carbocycles. The quantitative estimate of drug-likeness (QED) is 0.577. The first kappa shape index (κ1) is 16.1. The number of nitrogens with zero attached hydrogens (tertiary/aromatic N) is 3. The van der Waals surface area contributed by atoms with Gasteiger partial charge in [0.1, 0.15) is 23.2 Å². The van der Waals surface area contributed by atoms with Gasteiger partial charge in [-0.1, -0.05) is 24.3 Å². The number of hydrogen-bond donors (Lipinski definition) is 1. The summed E-state index contributed by atoms with van der Waals surface area (Å²) in [6.45, 7) is 1.66. The van der Waals surface area contributed by atoms with E-state index in [4.69, 9.17) is 4.42 Å². The van der Waals surface area contributed by atoms with Crippen LogP contribution in [0.25, 0.3) is 22.1 Å². The summed E-state index contributed by atoms with van der Waals surface area (Å²) in [6, 6.07) is 15.0. The SMILES string of the molecule is Fc1ccccc1NC1CCN(c2ncnc3c2oc2ccccc23)CC1. The monoisotopic (exact) mass is 362 g/mol. The Bertz CT molecular complexity index is 1100. The van der Waals surface area contributed by atoms with Crippen LogP contribution in [-0.2, 0) is 0 Å². The average molecular weight is 362 g/mol. The lowest BCUT2D eigenvalue weighted by atomic mass is 10.0. The van der Waals surface area contributed by atoms with Gasteiger partial charge in [-0.05, 0) is 37.1 Å². The molecule has 2 aromatic carbocycles. The smallest absolute Gasteiger partial charge is 0.196 e. The Kier molecular flexibility index (Phi) is 3.89. The van der Waals surface area contributed by atoms with Crippen LogP contribution in [0.2, 0.25) is 0 Å². The summed E-state index contributed by atoms with van der Waals surface area (Å²) < 4.78 is 19.9. The average Bonchev–Trinajstić information content (AvgIpc) is 3.09. The molecule has 3 heterocycles. The lowest BCUT2D eigenvalue weighted by Crippen LogP contribution is -2.39. The van der Waals surface area contributed by atoms with Crippen molar-refractivity contribution in [1.82, 2.24) is 9.97 Å². The van der Waals surface area contributed by atoms with Crippen molar-refractivity contribution >= 4 is 33.6 Å². The van der Waals surface area contributed by atoms with E-state index in [9.17, 15) is 4.39 Å². The number of hydrogen-bond acceptors (Lipinski definition) is 5. The normalized spacial score (nSPS) is 15.5. The summed E-state index contributed by atoms with van der Waals surface area (Å²) in [4.78, 5) is 11.1. The van der Waals surface area contributed by atoms with Crippen molar-refractivity contribution in [3.05, 3.63) is 60.7 Å². The van der Waals surface area contributed by atoms with E-state index in [1.807, 2.05) is 30.3 Å². The van der Waals surface area contributed by atoms with Crippen LogP contribution >= 0.6 is 0 Å². The predicted octanol–water partition coefficient (Wildman–Crippen LogP) is 4.60. The van der Waals surface area contributed by atoms with E-state index < -0.39 is 0 Å². The topological polar surface area (TPSA) is 54.2 Å². The van der Waals surface area contributed by atoms with Crippen molar-refractivity contribution in [2.75, 3.05) is 23.3 Å². The molecule has 6 heteroatoms. The third-order valence-corrected chi connectivity index (χ3v) is 5.17. The van der Waals surface area contributed by atoms with Crippen LogP contribution < -0.4 is 10.2 Å². The van der Waals surface area contributed by atoms with Crippen molar-refractivity contribution in [2.45, 2.75) is 18.9 Å². The fourth-order valence-electron chi connectivity index (χ4n) is 3.77. The van der Waals surface area contributed by atoms with Crippen molar-refractivity contribution in [2.24, 2.45) is 0 Å². The van der Waals surface area contributed by atoms with E-state index in [2.05, 4.69) is 20.2 Å². The van der Waals surface area contributed by atoms with Crippen molar-refractivity contribution in [3.63, 3.8) is 0 Å². The highest BCUT2D eigenvalue weighted by molar-refractivity contribution is 6.05. The van der Waals surface area contributed by atoms with E-state index in [0.29, 0.717) is 5.69 Å². The molecule has 1 saturated heterocycles. The molecule has 1 N–H and O–H groups in total. The number of fused-ring (bicyclic) bond motifs is 3. The maximum atomic E-state index is 13.9. The number of nitrogens with one attached hydrogen (secondary N) is 1.